The van der Waals surface area contributed by atoms with Crippen molar-refractivity contribution in [1.82, 2.24) is 0 Å². The molecule has 18 heavy (non-hydrogen) atoms. The summed E-state index contributed by atoms with van der Waals surface area (Å²) >= 11 is 3.46. The summed E-state index contributed by atoms with van der Waals surface area (Å²) in [6, 6.07) is 6.45. The summed E-state index contributed by atoms with van der Waals surface area (Å²) in [4.78, 5) is 12.3. The Morgan fingerprint density at radius 3 is 2.44 bits per heavy atom. The van der Waals surface area contributed by atoms with E-state index in [9.17, 15) is 13.2 Å². The lowest BCUT2D eigenvalue weighted by Crippen LogP contribution is -2.18. The van der Waals surface area contributed by atoms with Crippen molar-refractivity contribution < 1.29 is 13.2 Å². The van der Waals surface area contributed by atoms with Gasteiger partial charge in [-0.1, -0.05) is 41.1 Å². The number of benzene rings is 1. The molecule has 0 heterocycles. The second-order valence-corrected chi connectivity index (χ2v) is 7.28. The second kappa shape index (κ2) is 4.75. The summed E-state index contributed by atoms with van der Waals surface area (Å²) in [5, 5.41) is 5.19. The van der Waals surface area contributed by atoms with Crippen molar-refractivity contribution >= 4 is 31.7 Å². The molecule has 1 aromatic rings. The van der Waals surface area contributed by atoms with E-state index in [1.54, 1.807) is 18.2 Å². The molecule has 4 nitrogen and oxygen atoms in total. The predicted molar refractivity (Wildman–Crippen MR) is 72.1 cm³/mol. The molecule has 1 aromatic carbocycles. The van der Waals surface area contributed by atoms with Gasteiger partial charge in [0.05, 0.1) is 4.90 Å². The van der Waals surface area contributed by atoms with Crippen LogP contribution in [-0.2, 0) is 14.8 Å². The van der Waals surface area contributed by atoms with E-state index in [4.69, 9.17) is 5.14 Å². The fourth-order valence-electron chi connectivity index (χ4n) is 2.35. The van der Waals surface area contributed by atoms with Crippen molar-refractivity contribution in [3.8, 4) is 0 Å². The normalized spacial score (nSPS) is 28.6. The molecule has 0 bridgehead atoms. The Labute approximate surface area is 115 Å². The van der Waals surface area contributed by atoms with Gasteiger partial charge in [0.2, 0.25) is 10.0 Å². The molecule has 6 heteroatoms. The van der Waals surface area contributed by atoms with Crippen LogP contribution in [0.5, 0.6) is 0 Å². The number of hydrogen-bond donors (Lipinski definition) is 1. The van der Waals surface area contributed by atoms with Gasteiger partial charge in [-0.2, -0.15) is 0 Å². The Hall–Kier alpha value is -0.720. The van der Waals surface area contributed by atoms with Crippen molar-refractivity contribution in [3.63, 3.8) is 0 Å². The maximum atomic E-state index is 12.1. The molecule has 0 aliphatic heterocycles. The number of halogens is 1. The Morgan fingerprint density at radius 1 is 1.33 bits per heavy atom. The molecular formula is C12H14BrNO3S. The van der Waals surface area contributed by atoms with Crippen molar-refractivity contribution in [2.24, 2.45) is 11.1 Å². The van der Waals surface area contributed by atoms with Crippen LogP contribution in [-0.4, -0.2) is 19.0 Å². The van der Waals surface area contributed by atoms with E-state index in [2.05, 4.69) is 15.9 Å². The Balaban J connectivity index is 2.51. The van der Waals surface area contributed by atoms with E-state index >= 15 is 0 Å². The molecule has 0 radical (unpaired) electrons. The molecule has 98 valence electrons. The largest absolute Gasteiger partial charge is 0.299 e. The summed E-state index contributed by atoms with van der Waals surface area (Å²) in [7, 11) is -3.80. The number of hydrogen-bond acceptors (Lipinski definition) is 3. The molecule has 1 aliphatic rings. The summed E-state index contributed by atoms with van der Waals surface area (Å²) in [6.07, 6.45) is 0.604. The average Bonchev–Trinajstić information content (AvgIpc) is 2.56. The van der Waals surface area contributed by atoms with Crippen LogP contribution >= 0.6 is 15.9 Å². The van der Waals surface area contributed by atoms with Gasteiger partial charge in [-0.15, -0.1) is 0 Å². The lowest BCUT2D eigenvalue weighted by molar-refractivity contribution is -0.121. The van der Waals surface area contributed by atoms with E-state index in [1.165, 1.54) is 6.07 Å². The third kappa shape index (κ3) is 2.37. The van der Waals surface area contributed by atoms with Crippen molar-refractivity contribution in [1.29, 1.82) is 0 Å². The zero-order valence-electron chi connectivity index (χ0n) is 9.84. The maximum Gasteiger partial charge on any atom is 0.238 e. The molecule has 0 spiro atoms. The standard InChI is InChI=1S/C12H14BrNO3S/c1-7-10(13)6-9(12(7)15)8-4-2-3-5-11(8)18(14,16)17/h2-5,7,9-10H,6H2,1H3,(H2,14,16,17). The first-order valence-corrected chi connectivity index (χ1v) is 8.08. The molecule has 2 rings (SSSR count). The molecule has 1 saturated carbocycles. The van der Waals surface area contributed by atoms with Crippen LogP contribution in [0.2, 0.25) is 0 Å². The second-order valence-electron chi connectivity index (χ2n) is 4.58. The van der Waals surface area contributed by atoms with Crippen LogP contribution in [0.4, 0.5) is 0 Å². The van der Waals surface area contributed by atoms with Crippen LogP contribution < -0.4 is 5.14 Å². The number of alkyl halides is 1. The zero-order chi connectivity index (χ0) is 13.5. The lowest BCUT2D eigenvalue weighted by atomic mass is 9.95. The maximum absolute atomic E-state index is 12.1. The Bertz CT molecular complexity index is 585. The smallest absolute Gasteiger partial charge is 0.238 e. The summed E-state index contributed by atoms with van der Waals surface area (Å²) in [5.41, 5.74) is 0.513. The van der Waals surface area contributed by atoms with Crippen LogP contribution in [0.1, 0.15) is 24.8 Å². The van der Waals surface area contributed by atoms with E-state index in [0.29, 0.717) is 12.0 Å². The molecule has 3 unspecified atom stereocenters. The van der Waals surface area contributed by atoms with Gasteiger partial charge >= 0.3 is 0 Å². The SMILES string of the molecule is CC1C(=O)C(c2ccccc2S(N)(=O)=O)CC1Br. The first-order chi connectivity index (χ1) is 8.32. The molecule has 0 amide bonds. The number of carbonyl (C=O) groups is 1. The van der Waals surface area contributed by atoms with E-state index in [-0.39, 0.29) is 27.3 Å². The number of primary sulfonamides is 1. The molecule has 0 saturated heterocycles. The highest BCUT2D eigenvalue weighted by Crippen LogP contribution is 2.40. The van der Waals surface area contributed by atoms with Gasteiger partial charge in [-0.25, -0.2) is 13.6 Å². The predicted octanol–water partition coefficient (Wildman–Crippen LogP) is 1.79. The Morgan fingerprint density at radius 2 is 1.94 bits per heavy atom. The first kappa shape index (κ1) is 13.7. The quantitative estimate of drug-likeness (QED) is 0.839. The lowest BCUT2D eigenvalue weighted by Gasteiger charge is -2.13. The van der Waals surface area contributed by atoms with Gasteiger partial charge in [0.25, 0.3) is 0 Å². The molecule has 1 fully saturated rings. The zero-order valence-corrected chi connectivity index (χ0v) is 12.2. The molecule has 1 aliphatic carbocycles. The number of nitrogens with two attached hydrogens (primary N) is 1. The third-order valence-electron chi connectivity index (χ3n) is 3.40. The fourth-order valence-corrected chi connectivity index (χ4v) is 3.79. The van der Waals surface area contributed by atoms with Gasteiger partial charge in [-0.3, -0.25) is 4.79 Å². The van der Waals surface area contributed by atoms with Gasteiger partial charge in [0.15, 0.2) is 0 Å². The van der Waals surface area contributed by atoms with Gasteiger partial charge < -0.3 is 0 Å². The number of Topliss-reactive ketones (excluding diaryl/α,β-unsaturated/α-hetero) is 1. The minimum Gasteiger partial charge on any atom is -0.299 e. The minimum atomic E-state index is -3.80. The summed E-state index contributed by atoms with van der Waals surface area (Å²) < 4.78 is 23.1. The summed E-state index contributed by atoms with van der Waals surface area (Å²) in [6.45, 7) is 1.85. The topological polar surface area (TPSA) is 77.2 Å². The molecule has 3 atom stereocenters. The average molecular weight is 332 g/mol. The van der Waals surface area contributed by atoms with Crippen LogP contribution in [0.15, 0.2) is 29.2 Å². The van der Waals surface area contributed by atoms with Crippen molar-refractivity contribution in [3.05, 3.63) is 29.8 Å². The monoisotopic (exact) mass is 331 g/mol. The van der Waals surface area contributed by atoms with Crippen LogP contribution in [0.25, 0.3) is 0 Å². The number of sulfonamides is 1. The highest BCUT2D eigenvalue weighted by Gasteiger charge is 2.40. The van der Waals surface area contributed by atoms with Crippen LogP contribution in [0, 0.1) is 5.92 Å². The van der Waals surface area contributed by atoms with Crippen molar-refractivity contribution in [2.75, 3.05) is 0 Å². The first-order valence-electron chi connectivity index (χ1n) is 5.62. The number of rotatable bonds is 2. The third-order valence-corrected chi connectivity index (χ3v) is 5.55. The Kier molecular flexibility index (Phi) is 3.62. The minimum absolute atomic E-state index is 0.0529. The van der Waals surface area contributed by atoms with E-state index < -0.39 is 10.0 Å². The summed E-state index contributed by atoms with van der Waals surface area (Å²) in [5.74, 6) is -0.435. The molecule has 2 N–H and O–H groups in total. The van der Waals surface area contributed by atoms with E-state index in [0.717, 1.165) is 0 Å². The van der Waals surface area contributed by atoms with Crippen molar-refractivity contribution in [2.45, 2.75) is 29.0 Å². The molecule has 0 aromatic heterocycles. The molecular weight excluding hydrogens is 318 g/mol. The van der Waals surface area contributed by atoms with Gasteiger partial charge in [-0.05, 0) is 18.1 Å². The van der Waals surface area contributed by atoms with Gasteiger partial charge in [0.1, 0.15) is 5.78 Å². The number of ketones is 1. The highest BCUT2D eigenvalue weighted by atomic mass is 79.9. The van der Waals surface area contributed by atoms with Gasteiger partial charge in [0, 0.05) is 16.7 Å². The van der Waals surface area contributed by atoms with Crippen LogP contribution in [0.3, 0.4) is 0 Å². The fraction of sp³-hybridized carbons (Fsp3) is 0.417. The van der Waals surface area contributed by atoms with E-state index in [1.807, 2.05) is 6.92 Å². The highest BCUT2D eigenvalue weighted by molar-refractivity contribution is 9.09. The number of carbonyl (C=O) groups excluding carboxylic acids is 1.